The summed E-state index contributed by atoms with van der Waals surface area (Å²) in [5, 5.41) is 3.56. The Hall–Kier alpha value is -2.00. The quantitative estimate of drug-likeness (QED) is 0.723. The van der Waals surface area contributed by atoms with E-state index in [9.17, 15) is 4.79 Å². The van der Waals surface area contributed by atoms with Crippen molar-refractivity contribution in [3.8, 4) is 5.75 Å². The van der Waals surface area contributed by atoms with Gasteiger partial charge in [-0.05, 0) is 48.6 Å². The second kappa shape index (κ2) is 9.33. The Morgan fingerprint density at radius 2 is 1.83 bits per heavy atom. The van der Waals surface area contributed by atoms with Crippen molar-refractivity contribution in [2.75, 3.05) is 13.2 Å². The van der Waals surface area contributed by atoms with Gasteiger partial charge >= 0.3 is 0 Å². The fourth-order valence-electron chi connectivity index (χ4n) is 2.31. The van der Waals surface area contributed by atoms with Gasteiger partial charge in [-0.2, -0.15) is 0 Å². The smallest absolute Gasteiger partial charge is 0.220 e. The minimum Gasteiger partial charge on any atom is -0.492 e. The summed E-state index contributed by atoms with van der Waals surface area (Å²) >= 11 is 6.05. The molecule has 0 unspecified atom stereocenters. The molecule has 0 atom stereocenters. The molecule has 0 aliphatic carbocycles. The van der Waals surface area contributed by atoms with Crippen LogP contribution in [0, 0.1) is 6.92 Å². The number of halogens is 1. The first-order valence-electron chi connectivity index (χ1n) is 8.32. The molecule has 2 rings (SSSR count). The fraction of sp³-hybridized carbons (Fsp3) is 0.350. The van der Waals surface area contributed by atoms with Crippen LogP contribution < -0.4 is 10.1 Å². The van der Waals surface area contributed by atoms with E-state index in [0.29, 0.717) is 24.6 Å². The molecule has 0 aromatic heterocycles. The van der Waals surface area contributed by atoms with E-state index in [2.05, 4.69) is 36.5 Å². The topological polar surface area (TPSA) is 38.3 Å². The van der Waals surface area contributed by atoms with Crippen molar-refractivity contribution in [3.63, 3.8) is 0 Å². The van der Waals surface area contributed by atoms with Crippen LogP contribution in [0.15, 0.2) is 42.5 Å². The number of ether oxygens (including phenoxy) is 1. The summed E-state index contributed by atoms with van der Waals surface area (Å²) in [7, 11) is 0. The van der Waals surface area contributed by atoms with E-state index in [0.717, 1.165) is 24.2 Å². The predicted octanol–water partition coefficient (Wildman–Crippen LogP) is 4.34. The molecule has 0 aliphatic rings. The maximum atomic E-state index is 11.9. The summed E-state index contributed by atoms with van der Waals surface area (Å²) in [4.78, 5) is 11.9. The highest BCUT2D eigenvalue weighted by Crippen LogP contribution is 2.21. The molecule has 3 nitrogen and oxygen atoms in total. The summed E-state index contributed by atoms with van der Waals surface area (Å²) in [5.41, 5.74) is 3.52. The number of rotatable bonds is 8. The highest BCUT2D eigenvalue weighted by Gasteiger charge is 2.03. The molecule has 24 heavy (non-hydrogen) atoms. The van der Waals surface area contributed by atoms with Gasteiger partial charge < -0.3 is 10.1 Å². The van der Waals surface area contributed by atoms with Gasteiger partial charge in [-0.25, -0.2) is 0 Å². The van der Waals surface area contributed by atoms with Crippen LogP contribution in [0.1, 0.15) is 30.0 Å². The normalized spacial score (nSPS) is 10.5. The third kappa shape index (κ3) is 5.89. The number of nitrogens with one attached hydrogen (secondary N) is 1. The van der Waals surface area contributed by atoms with Crippen LogP contribution in [0.4, 0.5) is 0 Å². The Kier molecular flexibility index (Phi) is 7.13. The number of hydrogen-bond donors (Lipinski definition) is 1. The lowest BCUT2D eigenvalue weighted by Crippen LogP contribution is -2.28. The highest BCUT2D eigenvalue weighted by atomic mass is 35.5. The third-order valence-electron chi connectivity index (χ3n) is 3.91. The van der Waals surface area contributed by atoms with E-state index in [4.69, 9.17) is 16.3 Å². The van der Waals surface area contributed by atoms with E-state index >= 15 is 0 Å². The molecule has 0 spiro atoms. The van der Waals surface area contributed by atoms with Gasteiger partial charge in [0.25, 0.3) is 0 Å². The summed E-state index contributed by atoms with van der Waals surface area (Å²) < 4.78 is 5.58. The molecule has 0 saturated carbocycles. The maximum Gasteiger partial charge on any atom is 0.220 e. The van der Waals surface area contributed by atoms with Crippen LogP contribution in [0.2, 0.25) is 5.02 Å². The molecule has 128 valence electrons. The first-order chi connectivity index (χ1) is 11.6. The van der Waals surface area contributed by atoms with Crippen molar-refractivity contribution >= 4 is 17.5 Å². The second-order valence-electron chi connectivity index (χ2n) is 5.78. The maximum absolute atomic E-state index is 11.9. The number of carbonyl (C=O) groups excluding carboxylic acids is 1. The minimum atomic E-state index is 0.0418. The van der Waals surface area contributed by atoms with E-state index in [1.54, 1.807) is 6.07 Å². The van der Waals surface area contributed by atoms with Crippen molar-refractivity contribution in [3.05, 3.63) is 64.2 Å². The Bertz CT molecular complexity index is 668. The van der Waals surface area contributed by atoms with Gasteiger partial charge in [-0.3, -0.25) is 4.79 Å². The van der Waals surface area contributed by atoms with E-state index in [1.165, 1.54) is 11.1 Å². The largest absolute Gasteiger partial charge is 0.492 e. The van der Waals surface area contributed by atoms with Gasteiger partial charge in [0.15, 0.2) is 0 Å². The van der Waals surface area contributed by atoms with Crippen molar-refractivity contribution in [1.29, 1.82) is 0 Å². The number of benzene rings is 2. The van der Waals surface area contributed by atoms with Crippen LogP contribution in [-0.4, -0.2) is 19.1 Å². The van der Waals surface area contributed by atoms with Gasteiger partial charge in [0.05, 0.1) is 6.54 Å². The molecule has 0 fully saturated rings. The standard InChI is InChI=1S/C20H24ClNO2/c1-3-16-5-7-17(8-6-16)9-11-20(23)22-12-13-24-18-10-4-15(2)19(21)14-18/h4-8,10,14H,3,9,11-13H2,1-2H3,(H,22,23). The molecule has 0 heterocycles. The molecule has 4 heteroatoms. The lowest BCUT2D eigenvalue weighted by molar-refractivity contribution is -0.121. The van der Waals surface area contributed by atoms with Crippen LogP contribution in [0.3, 0.4) is 0 Å². The molecule has 1 N–H and O–H groups in total. The summed E-state index contributed by atoms with van der Waals surface area (Å²) in [6.45, 7) is 4.99. The van der Waals surface area contributed by atoms with Crippen LogP contribution in [0.5, 0.6) is 5.75 Å². The van der Waals surface area contributed by atoms with Crippen molar-refractivity contribution in [1.82, 2.24) is 5.32 Å². The van der Waals surface area contributed by atoms with Crippen LogP contribution >= 0.6 is 11.6 Å². The van der Waals surface area contributed by atoms with Gasteiger partial charge in [0, 0.05) is 11.4 Å². The Labute approximate surface area is 149 Å². The highest BCUT2D eigenvalue weighted by molar-refractivity contribution is 6.31. The van der Waals surface area contributed by atoms with Crippen LogP contribution in [0.25, 0.3) is 0 Å². The lowest BCUT2D eigenvalue weighted by atomic mass is 10.1. The summed E-state index contributed by atoms with van der Waals surface area (Å²) in [5.74, 6) is 0.760. The summed E-state index contributed by atoms with van der Waals surface area (Å²) in [6.07, 6.45) is 2.28. The first kappa shape index (κ1) is 18.3. The molecule has 2 aromatic carbocycles. The lowest BCUT2D eigenvalue weighted by Gasteiger charge is -2.09. The molecule has 0 bridgehead atoms. The fourth-order valence-corrected chi connectivity index (χ4v) is 2.48. The number of hydrogen-bond acceptors (Lipinski definition) is 2. The Morgan fingerprint density at radius 3 is 2.50 bits per heavy atom. The second-order valence-corrected chi connectivity index (χ2v) is 6.19. The van der Waals surface area contributed by atoms with E-state index in [-0.39, 0.29) is 5.91 Å². The SMILES string of the molecule is CCc1ccc(CCC(=O)NCCOc2ccc(C)c(Cl)c2)cc1. The monoisotopic (exact) mass is 345 g/mol. The number of carbonyl (C=O) groups is 1. The van der Waals surface area contributed by atoms with Crippen LogP contribution in [-0.2, 0) is 17.6 Å². The average molecular weight is 346 g/mol. The molecule has 0 radical (unpaired) electrons. The number of aryl methyl sites for hydroxylation is 3. The zero-order valence-corrected chi connectivity index (χ0v) is 15.0. The van der Waals surface area contributed by atoms with Gasteiger partial charge in [0.2, 0.25) is 5.91 Å². The molecular formula is C20H24ClNO2. The summed E-state index contributed by atoms with van der Waals surface area (Å²) in [6, 6.07) is 14.0. The van der Waals surface area contributed by atoms with Crippen molar-refractivity contribution in [2.24, 2.45) is 0 Å². The average Bonchev–Trinajstić information content (AvgIpc) is 2.60. The Balaban J connectivity index is 1.64. The predicted molar refractivity (Wildman–Crippen MR) is 98.8 cm³/mol. The zero-order valence-electron chi connectivity index (χ0n) is 14.3. The minimum absolute atomic E-state index is 0.0418. The van der Waals surface area contributed by atoms with Crippen molar-refractivity contribution < 1.29 is 9.53 Å². The van der Waals surface area contributed by atoms with E-state index in [1.807, 2.05) is 19.1 Å². The van der Waals surface area contributed by atoms with Gasteiger partial charge in [-0.1, -0.05) is 48.9 Å². The molecule has 0 aliphatic heterocycles. The molecule has 0 saturated heterocycles. The van der Waals surface area contributed by atoms with Gasteiger partial charge in [-0.15, -0.1) is 0 Å². The number of amides is 1. The first-order valence-corrected chi connectivity index (χ1v) is 8.69. The van der Waals surface area contributed by atoms with Gasteiger partial charge in [0.1, 0.15) is 12.4 Å². The third-order valence-corrected chi connectivity index (χ3v) is 4.32. The zero-order chi connectivity index (χ0) is 17.4. The Morgan fingerprint density at radius 1 is 1.12 bits per heavy atom. The molecule has 1 amide bonds. The van der Waals surface area contributed by atoms with Crippen molar-refractivity contribution in [2.45, 2.75) is 33.1 Å². The molecular weight excluding hydrogens is 322 g/mol. The molecule has 2 aromatic rings. The van der Waals surface area contributed by atoms with E-state index < -0.39 is 0 Å².